The van der Waals surface area contributed by atoms with Crippen LogP contribution in [0.1, 0.15) is 49.8 Å². The summed E-state index contributed by atoms with van der Waals surface area (Å²) >= 11 is 6.46. The number of ether oxygens (including phenoxy) is 1. The maximum absolute atomic E-state index is 6.46. The van der Waals surface area contributed by atoms with Crippen LogP contribution in [0.3, 0.4) is 0 Å². The first-order chi connectivity index (χ1) is 9.19. The van der Waals surface area contributed by atoms with E-state index >= 15 is 0 Å². The summed E-state index contributed by atoms with van der Waals surface area (Å²) in [4.78, 5) is 0. The first-order valence-corrected chi connectivity index (χ1v) is 8.02. The molecule has 0 amide bonds. The minimum absolute atomic E-state index is 0.456. The van der Waals surface area contributed by atoms with E-state index in [1.54, 1.807) is 0 Å². The third-order valence-corrected chi connectivity index (χ3v) is 4.99. The fourth-order valence-corrected chi connectivity index (χ4v) is 3.68. The Morgan fingerprint density at radius 3 is 2.58 bits per heavy atom. The van der Waals surface area contributed by atoms with Gasteiger partial charge in [0.2, 0.25) is 0 Å². The van der Waals surface area contributed by atoms with Crippen LogP contribution in [0.5, 0.6) is 0 Å². The molecule has 2 aliphatic rings. The normalized spacial score (nSPS) is 26.9. The van der Waals surface area contributed by atoms with Crippen LogP contribution in [0.15, 0.2) is 12.1 Å². The monoisotopic (exact) mass is 278 g/mol. The molecule has 1 heterocycles. The van der Waals surface area contributed by atoms with E-state index in [1.807, 2.05) is 0 Å². The molecule has 1 aromatic rings. The molecular formula is C17H23ClO. The lowest BCUT2D eigenvalue weighted by molar-refractivity contribution is 0.322. The van der Waals surface area contributed by atoms with Crippen molar-refractivity contribution >= 4 is 11.6 Å². The first-order valence-electron chi connectivity index (χ1n) is 7.64. The highest BCUT2D eigenvalue weighted by Crippen LogP contribution is 2.35. The molecular weight excluding hydrogens is 256 g/mol. The van der Waals surface area contributed by atoms with Crippen LogP contribution in [0.25, 0.3) is 0 Å². The zero-order valence-electron chi connectivity index (χ0n) is 11.9. The Balaban J connectivity index is 1.74. The van der Waals surface area contributed by atoms with Crippen LogP contribution >= 0.6 is 11.6 Å². The summed E-state index contributed by atoms with van der Waals surface area (Å²) in [6, 6.07) is 4.57. The van der Waals surface area contributed by atoms with Crippen molar-refractivity contribution in [2.45, 2.75) is 64.6 Å². The van der Waals surface area contributed by atoms with Gasteiger partial charge in [-0.25, -0.2) is 0 Å². The first kappa shape index (κ1) is 13.5. The van der Waals surface area contributed by atoms with Crippen molar-refractivity contribution in [1.29, 1.82) is 0 Å². The number of hydrogen-bond donors (Lipinski definition) is 0. The fraction of sp³-hybridized carbons (Fsp3) is 0.647. The van der Waals surface area contributed by atoms with Gasteiger partial charge in [0.05, 0.1) is 12.2 Å². The summed E-state index contributed by atoms with van der Waals surface area (Å²) in [5.41, 5.74) is 4.32. The van der Waals surface area contributed by atoms with E-state index in [-0.39, 0.29) is 0 Å². The van der Waals surface area contributed by atoms with Gasteiger partial charge < -0.3 is 4.74 Å². The van der Waals surface area contributed by atoms with Gasteiger partial charge in [0.1, 0.15) is 0 Å². The number of rotatable bonds is 4. The maximum atomic E-state index is 6.46. The molecule has 0 aromatic heterocycles. The Kier molecular flexibility index (Phi) is 3.86. The quantitative estimate of drug-likeness (QED) is 0.735. The van der Waals surface area contributed by atoms with Crippen molar-refractivity contribution in [3.63, 3.8) is 0 Å². The van der Waals surface area contributed by atoms with Gasteiger partial charge in [0.15, 0.2) is 0 Å². The molecule has 104 valence electrons. The van der Waals surface area contributed by atoms with Gasteiger partial charge in [-0.2, -0.15) is 0 Å². The average Bonchev–Trinajstić information content (AvgIpc) is 3.19. The fourth-order valence-electron chi connectivity index (χ4n) is 3.41. The molecule has 1 aliphatic carbocycles. The predicted molar refractivity (Wildman–Crippen MR) is 79.9 cm³/mol. The molecule has 1 nitrogen and oxygen atoms in total. The van der Waals surface area contributed by atoms with Gasteiger partial charge in [-0.15, -0.1) is 0 Å². The average molecular weight is 279 g/mol. The Morgan fingerprint density at radius 2 is 1.95 bits per heavy atom. The van der Waals surface area contributed by atoms with Crippen LogP contribution in [0.2, 0.25) is 5.02 Å². The molecule has 1 aromatic carbocycles. The number of epoxide rings is 1. The molecule has 0 N–H and O–H groups in total. The lowest BCUT2D eigenvalue weighted by Crippen LogP contribution is -2.11. The standard InChI is InChI=1S/C17H23ClO/c1-3-16-17(19-16)11(2)8-14-9-12-6-4-5-7-13(12)10-15(14)18/h9-11,16-17H,3-8H2,1-2H3. The van der Waals surface area contributed by atoms with Crippen molar-refractivity contribution in [2.24, 2.45) is 5.92 Å². The molecule has 1 saturated heterocycles. The Morgan fingerprint density at radius 1 is 1.26 bits per heavy atom. The highest BCUT2D eigenvalue weighted by molar-refractivity contribution is 6.31. The molecule has 0 saturated carbocycles. The highest BCUT2D eigenvalue weighted by Gasteiger charge is 2.41. The Bertz CT molecular complexity index is 469. The smallest absolute Gasteiger partial charge is 0.0870 e. The third-order valence-electron chi connectivity index (χ3n) is 4.64. The van der Waals surface area contributed by atoms with Crippen molar-refractivity contribution < 1.29 is 4.74 Å². The Labute approximate surface area is 121 Å². The summed E-state index contributed by atoms with van der Waals surface area (Å²) in [6.45, 7) is 4.49. The Hall–Kier alpha value is -0.530. The second kappa shape index (κ2) is 5.46. The van der Waals surface area contributed by atoms with E-state index in [0.717, 1.165) is 17.9 Å². The molecule has 3 unspecified atom stereocenters. The van der Waals surface area contributed by atoms with Gasteiger partial charge >= 0.3 is 0 Å². The highest BCUT2D eigenvalue weighted by atomic mass is 35.5. The summed E-state index contributed by atoms with van der Waals surface area (Å²) in [5.74, 6) is 0.573. The second-order valence-electron chi connectivity index (χ2n) is 6.15. The van der Waals surface area contributed by atoms with E-state index in [4.69, 9.17) is 16.3 Å². The number of benzene rings is 1. The minimum Gasteiger partial charge on any atom is -0.369 e. The third kappa shape index (κ3) is 2.83. The number of fused-ring (bicyclic) bond motifs is 1. The van der Waals surface area contributed by atoms with Crippen molar-refractivity contribution in [2.75, 3.05) is 0 Å². The van der Waals surface area contributed by atoms with Crippen LogP contribution in [0.4, 0.5) is 0 Å². The largest absolute Gasteiger partial charge is 0.369 e. The van der Waals surface area contributed by atoms with E-state index in [2.05, 4.69) is 26.0 Å². The maximum Gasteiger partial charge on any atom is 0.0870 e. The number of halogens is 1. The van der Waals surface area contributed by atoms with Gasteiger partial charge in [0, 0.05) is 5.02 Å². The van der Waals surface area contributed by atoms with Gasteiger partial charge in [-0.3, -0.25) is 0 Å². The topological polar surface area (TPSA) is 12.5 Å². The number of aryl methyl sites for hydroxylation is 2. The molecule has 3 atom stereocenters. The van der Waals surface area contributed by atoms with Crippen LogP contribution < -0.4 is 0 Å². The molecule has 0 spiro atoms. The molecule has 1 fully saturated rings. The van der Waals surface area contributed by atoms with Crippen LogP contribution in [-0.2, 0) is 24.0 Å². The lowest BCUT2D eigenvalue weighted by atomic mass is 9.88. The number of hydrogen-bond acceptors (Lipinski definition) is 1. The van der Waals surface area contributed by atoms with Crippen molar-refractivity contribution in [1.82, 2.24) is 0 Å². The van der Waals surface area contributed by atoms with Crippen LogP contribution in [0, 0.1) is 5.92 Å². The molecule has 0 bridgehead atoms. The van der Waals surface area contributed by atoms with Crippen molar-refractivity contribution in [3.8, 4) is 0 Å². The summed E-state index contributed by atoms with van der Waals surface area (Å²) in [6.07, 6.45) is 8.20. The predicted octanol–water partition coefficient (Wildman–Crippen LogP) is 4.57. The molecule has 1 aliphatic heterocycles. The summed E-state index contributed by atoms with van der Waals surface area (Å²) < 4.78 is 5.71. The van der Waals surface area contributed by atoms with E-state index in [9.17, 15) is 0 Å². The minimum atomic E-state index is 0.456. The molecule has 3 rings (SSSR count). The SMILES string of the molecule is CCC1OC1C(C)Cc1cc2c(cc1Cl)CCCC2. The van der Waals surface area contributed by atoms with Gasteiger partial charge in [-0.05, 0) is 67.2 Å². The van der Waals surface area contributed by atoms with E-state index in [1.165, 1.54) is 42.4 Å². The molecule has 0 radical (unpaired) electrons. The molecule has 2 heteroatoms. The van der Waals surface area contributed by atoms with Gasteiger partial charge in [0.25, 0.3) is 0 Å². The summed E-state index contributed by atoms with van der Waals surface area (Å²) in [5, 5.41) is 0.959. The lowest BCUT2D eigenvalue weighted by Gasteiger charge is -2.19. The molecule has 19 heavy (non-hydrogen) atoms. The van der Waals surface area contributed by atoms with Crippen molar-refractivity contribution in [3.05, 3.63) is 33.8 Å². The van der Waals surface area contributed by atoms with Crippen LogP contribution in [-0.4, -0.2) is 12.2 Å². The van der Waals surface area contributed by atoms with E-state index in [0.29, 0.717) is 18.1 Å². The summed E-state index contributed by atoms with van der Waals surface area (Å²) in [7, 11) is 0. The van der Waals surface area contributed by atoms with Gasteiger partial charge in [-0.1, -0.05) is 31.5 Å². The van der Waals surface area contributed by atoms with E-state index < -0.39 is 0 Å². The zero-order valence-corrected chi connectivity index (χ0v) is 12.7. The zero-order chi connectivity index (χ0) is 13.4. The second-order valence-corrected chi connectivity index (χ2v) is 6.56.